The maximum atomic E-state index is 10.5. The highest BCUT2D eigenvalue weighted by molar-refractivity contribution is 5.75. The van der Waals surface area contributed by atoms with Gasteiger partial charge in [0.1, 0.15) is 5.78 Å². The second-order valence-electron chi connectivity index (χ2n) is 3.03. The lowest BCUT2D eigenvalue weighted by atomic mass is 10.2. The van der Waals surface area contributed by atoms with Crippen LogP contribution in [0.3, 0.4) is 0 Å². The second kappa shape index (κ2) is 6.31. The number of carbonyl (C=O) groups excluding carboxylic acids is 1. The van der Waals surface area contributed by atoms with Gasteiger partial charge >= 0.3 is 0 Å². The van der Waals surface area contributed by atoms with E-state index < -0.39 is 0 Å². The first-order chi connectivity index (χ1) is 5.13. The summed E-state index contributed by atoms with van der Waals surface area (Å²) in [5, 5.41) is 0. The summed E-state index contributed by atoms with van der Waals surface area (Å²) in [7, 11) is 0. The van der Waals surface area contributed by atoms with E-state index in [0.717, 1.165) is 13.0 Å². The Bertz CT molecular complexity index is 113. The van der Waals surface area contributed by atoms with E-state index >= 15 is 0 Å². The van der Waals surface area contributed by atoms with Crippen LogP contribution in [0.5, 0.6) is 0 Å². The first-order valence-electron chi connectivity index (χ1n) is 4.10. The molecule has 66 valence electrons. The SMILES string of the molecule is CC(=O)CCCNNC(C)C. The van der Waals surface area contributed by atoms with Crippen LogP contribution in [0.2, 0.25) is 0 Å². The van der Waals surface area contributed by atoms with Crippen molar-refractivity contribution in [1.82, 2.24) is 10.9 Å². The number of hydrogen-bond donors (Lipinski definition) is 2. The van der Waals surface area contributed by atoms with Gasteiger partial charge in [0.15, 0.2) is 0 Å². The zero-order valence-electron chi connectivity index (χ0n) is 7.61. The van der Waals surface area contributed by atoms with Gasteiger partial charge in [-0.2, -0.15) is 0 Å². The predicted octanol–water partition coefficient (Wildman–Crippen LogP) is 0.858. The minimum absolute atomic E-state index is 0.261. The van der Waals surface area contributed by atoms with E-state index in [1.165, 1.54) is 0 Å². The first kappa shape index (κ1) is 10.6. The zero-order valence-corrected chi connectivity index (χ0v) is 7.61. The summed E-state index contributed by atoms with van der Waals surface area (Å²) in [6, 6.07) is 0.451. The molecule has 0 unspecified atom stereocenters. The number of carbonyl (C=O) groups is 1. The Labute approximate surface area is 68.5 Å². The molecule has 0 spiro atoms. The van der Waals surface area contributed by atoms with Gasteiger partial charge in [0, 0.05) is 19.0 Å². The molecule has 0 bridgehead atoms. The van der Waals surface area contributed by atoms with Crippen molar-refractivity contribution in [1.29, 1.82) is 0 Å². The summed E-state index contributed by atoms with van der Waals surface area (Å²) in [5.74, 6) is 0.261. The fourth-order valence-electron chi connectivity index (χ4n) is 0.702. The number of hydrogen-bond acceptors (Lipinski definition) is 3. The van der Waals surface area contributed by atoms with E-state index in [4.69, 9.17) is 0 Å². The molecule has 11 heavy (non-hydrogen) atoms. The Morgan fingerprint density at radius 3 is 2.55 bits per heavy atom. The molecule has 0 rings (SSSR count). The molecule has 0 saturated carbocycles. The Morgan fingerprint density at radius 1 is 1.45 bits per heavy atom. The lowest BCUT2D eigenvalue weighted by Crippen LogP contribution is -2.37. The van der Waals surface area contributed by atoms with E-state index in [-0.39, 0.29) is 5.78 Å². The summed E-state index contributed by atoms with van der Waals surface area (Å²) in [6.45, 7) is 6.61. The van der Waals surface area contributed by atoms with Crippen molar-refractivity contribution in [2.75, 3.05) is 6.54 Å². The van der Waals surface area contributed by atoms with Gasteiger partial charge in [0.25, 0.3) is 0 Å². The third kappa shape index (κ3) is 9.59. The average Bonchev–Trinajstić information content (AvgIpc) is 1.85. The lowest BCUT2D eigenvalue weighted by Gasteiger charge is -2.08. The summed E-state index contributed by atoms with van der Waals surface area (Å²) in [6.07, 6.45) is 1.59. The van der Waals surface area contributed by atoms with Crippen molar-refractivity contribution >= 4 is 5.78 Å². The van der Waals surface area contributed by atoms with Crippen LogP contribution in [-0.4, -0.2) is 18.4 Å². The van der Waals surface area contributed by atoms with Crippen LogP contribution >= 0.6 is 0 Å². The van der Waals surface area contributed by atoms with Crippen LogP contribution in [0, 0.1) is 0 Å². The molecule has 0 aromatic carbocycles. The van der Waals surface area contributed by atoms with Crippen molar-refractivity contribution in [2.45, 2.75) is 39.7 Å². The van der Waals surface area contributed by atoms with Crippen LogP contribution in [-0.2, 0) is 4.79 Å². The van der Waals surface area contributed by atoms with E-state index in [1.807, 2.05) is 0 Å². The Morgan fingerprint density at radius 2 is 2.09 bits per heavy atom. The first-order valence-corrected chi connectivity index (χ1v) is 4.10. The van der Waals surface area contributed by atoms with Gasteiger partial charge in [-0.1, -0.05) is 0 Å². The number of hydrazine groups is 1. The maximum absolute atomic E-state index is 10.5. The largest absolute Gasteiger partial charge is 0.300 e. The van der Waals surface area contributed by atoms with Gasteiger partial charge in [0.05, 0.1) is 0 Å². The molecule has 3 heteroatoms. The van der Waals surface area contributed by atoms with E-state index in [1.54, 1.807) is 6.92 Å². The molecule has 0 saturated heterocycles. The fourth-order valence-corrected chi connectivity index (χ4v) is 0.702. The summed E-state index contributed by atoms with van der Waals surface area (Å²) >= 11 is 0. The molecule has 0 aromatic rings. The fraction of sp³-hybridized carbons (Fsp3) is 0.875. The van der Waals surface area contributed by atoms with Crippen LogP contribution < -0.4 is 10.9 Å². The maximum Gasteiger partial charge on any atom is 0.129 e. The average molecular weight is 158 g/mol. The molecular formula is C8H18N2O. The monoisotopic (exact) mass is 158 g/mol. The number of Topliss-reactive ketones (excluding diaryl/α,β-unsaturated/α-hetero) is 1. The highest BCUT2D eigenvalue weighted by Crippen LogP contribution is 1.86. The van der Waals surface area contributed by atoms with Crippen LogP contribution in [0.15, 0.2) is 0 Å². The topological polar surface area (TPSA) is 41.1 Å². The quantitative estimate of drug-likeness (QED) is 0.445. The Balaban J connectivity index is 2.97. The summed E-state index contributed by atoms with van der Waals surface area (Å²) in [4.78, 5) is 10.5. The lowest BCUT2D eigenvalue weighted by molar-refractivity contribution is -0.117. The van der Waals surface area contributed by atoms with Crippen molar-refractivity contribution in [3.63, 3.8) is 0 Å². The predicted molar refractivity (Wildman–Crippen MR) is 46.2 cm³/mol. The normalized spacial score (nSPS) is 10.5. The van der Waals surface area contributed by atoms with E-state index in [2.05, 4.69) is 24.7 Å². The van der Waals surface area contributed by atoms with Crippen LogP contribution in [0.4, 0.5) is 0 Å². The molecule has 0 radical (unpaired) electrons. The van der Waals surface area contributed by atoms with E-state index in [0.29, 0.717) is 12.5 Å². The van der Waals surface area contributed by atoms with Gasteiger partial charge in [-0.25, -0.2) is 0 Å². The van der Waals surface area contributed by atoms with Gasteiger partial charge in [0.2, 0.25) is 0 Å². The minimum atomic E-state index is 0.261. The van der Waals surface area contributed by atoms with Crippen molar-refractivity contribution in [3.8, 4) is 0 Å². The highest BCUT2D eigenvalue weighted by atomic mass is 16.1. The Kier molecular flexibility index (Phi) is 6.07. The standard InChI is InChI=1S/C8H18N2O/c1-7(2)10-9-6-4-5-8(3)11/h7,9-10H,4-6H2,1-3H3. The third-order valence-corrected chi connectivity index (χ3v) is 1.22. The summed E-state index contributed by atoms with van der Waals surface area (Å²) in [5.41, 5.74) is 6.10. The molecule has 0 aromatic heterocycles. The molecule has 0 amide bonds. The van der Waals surface area contributed by atoms with Crippen molar-refractivity contribution in [3.05, 3.63) is 0 Å². The van der Waals surface area contributed by atoms with Gasteiger partial charge in [-0.3, -0.25) is 10.9 Å². The number of ketones is 1. The zero-order chi connectivity index (χ0) is 8.69. The smallest absolute Gasteiger partial charge is 0.129 e. The summed E-state index contributed by atoms with van der Waals surface area (Å²) < 4.78 is 0. The van der Waals surface area contributed by atoms with Gasteiger partial charge in [-0.05, 0) is 27.2 Å². The van der Waals surface area contributed by atoms with Crippen molar-refractivity contribution < 1.29 is 4.79 Å². The third-order valence-electron chi connectivity index (χ3n) is 1.22. The second-order valence-corrected chi connectivity index (χ2v) is 3.03. The molecular weight excluding hydrogens is 140 g/mol. The van der Waals surface area contributed by atoms with E-state index in [9.17, 15) is 4.79 Å². The number of rotatable bonds is 6. The molecule has 3 nitrogen and oxygen atoms in total. The van der Waals surface area contributed by atoms with Gasteiger partial charge < -0.3 is 4.79 Å². The molecule has 0 fully saturated rings. The van der Waals surface area contributed by atoms with Gasteiger partial charge in [-0.15, -0.1) is 0 Å². The minimum Gasteiger partial charge on any atom is -0.300 e. The molecule has 0 aliphatic heterocycles. The molecule has 0 heterocycles. The highest BCUT2D eigenvalue weighted by Gasteiger charge is 1.93. The molecule has 0 atom stereocenters. The molecule has 0 aliphatic carbocycles. The van der Waals surface area contributed by atoms with Crippen LogP contribution in [0.1, 0.15) is 33.6 Å². The molecule has 2 N–H and O–H groups in total. The molecule has 0 aliphatic rings. The number of nitrogens with one attached hydrogen (secondary N) is 2. The van der Waals surface area contributed by atoms with Crippen molar-refractivity contribution in [2.24, 2.45) is 0 Å². The Hall–Kier alpha value is -0.410. The van der Waals surface area contributed by atoms with Crippen LogP contribution in [0.25, 0.3) is 0 Å².